The van der Waals surface area contributed by atoms with E-state index in [9.17, 15) is 9.59 Å². The predicted molar refractivity (Wildman–Crippen MR) is 68.7 cm³/mol. The summed E-state index contributed by atoms with van der Waals surface area (Å²) in [6.07, 6.45) is 1.98. The van der Waals surface area contributed by atoms with E-state index in [0.29, 0.717) is 18.8 Å². The van der Waals surface area contributed by atoms with E-state index in [0.717, 1.165) is 0 Å². The largest absolute Gasteiger partial charge is 0.468 e. The molecule has 2 N–H and O–H groups in total. The number of halogens is 1. The summed E-state index contributed by atoms with van der Waals surface area (Å²) in [5, 5.41) is 9.51. The topological polar surface area (TPSA) is 85.2 Å². The maximum Gasteiger partial charge on any atom is 0.327 e. The Balaban J connectivity index is 0.00000289. The molecular weight excluding hydrogens is 260 g/mol. The number of hydrogen-bond acceptors (Lipinski definition) is 5. The van der Waals surface area contributed by atoms with Crippen molar-refractivity contribution in [2.45, 2.75) is 13.0 Å². The van der Waals surface area contributed by atoms with Gasteiger partial charge in [0, 0.05) is 25.2 Å². The summed E-state index contributed by atoms with van der Waals surface area (Å²) in [6.45, 7) is 0.636. The van der Waals surface area contributed by atoms with Crippen molar-refractivity contribution in [3.8, 4) is 0 Å². The highest BCUT2D eigenvalue weighted by molar-refractivity contribution is 5.89. The Hall–Kier alpha value is -1.60. The fourth-order valence-electron chi connectivity index (χ4n) is 1.16. The Morgan fingerprint density at radius 3 is 2.83 bits per heavy atom. The number of ether oxygens (including phenoxy) is 1. The molecule has 0 atom stereocenters. The fourth-order valence-corrected chi connectivity index (χ4v) is 1.16. The van der Waals surface area contributed by atoms with Gasteiger partial charge in [-0.05, 0) is 7.05 Å². The van der Waals surface area contributed by atoms with E-state index in [1.54, 1.807) is 19.3 Å². The van der Waals surface area contributed by atoms with Crippen molar-refractivity contribution in [1.82, 2.24) is 15.1 Å². The molecule has 7 nitrogen and oxygen atoms in total. The van der Waals surface area contributed by atoms with Crippen LogP contribution in [0.3, 0.4) is 0 Å². The van der Waals surface area contributed by atoms with Gasteiger partial charge in [-0.3, -0.25) is 14.3 Å². The van der Waals surface area contributed by atoms with E-state index in [1.165, 1.54) is 11.8 Å². The van der Waals surface area contributed by atoms with Gasteiger partial charge in [0.2, 0.25) is 5.91 Å². The summed E-state index contributed by atoms with van der Waals surface area (Å²) in [5.41, 5.74) is 0. The third kappa shape index (κ3) is 5.65. The van der Waals surface area contributed by atoms with Gasteiger partial charge in [0.15, 0.2) is 5.82 Å². The lowest BCUT2D eigenvalue weighted by Gasteiger charge is -2.01. The van der Waals surface area contributed by atoms with Crippen LogP contribution in [0.4, 0.5) is 5.82 Å². The van der Waals surface area contributed by atoms with Crippen LogP contribution in [0.25, 0.3) is 0 Å². The summed E-state index contributed by atoms with van der Waals surface area (Å²) in [5.74, 6) is -0.0844. The first-order chi connectivity index (χ1) is 8.15. The number of methoxy groups -OCH3 is 1. The zero-order valence-electron chi connectivity index (χ0n) is 10.3. The van der Waals surface area contributed by atoms with Crippen molar-refractivity contribution < 1.29 is 14.3 Å². The zero-order valence-corrected chi connectivity index (χ0v) is 11.1. The minimum Gasteiger partial charge on any atom is -0.468 e. The van der Waals surface area contributed by atoms with E-state index in [4.69, 9.17) is 0 Å². The second-order valence-electron chi connectivity index (χ2n) is 3.38. The van der Waals surface area contributed by atoms with Crippen LogP contribution in [0.5, 0.6) is 0 Å². The van der Waals surface area contributed by atoms with Gasteiger partial charge >= 0.3 is 5.97 Å². The van der Waals surface area contributed by atoms with Gasteiger partial charge in [0.25, 0.3) is 0 Å². The molecule has 1 amide bonds. The number of amides is 1. The molecule has 0 aliphatic heterocycles. The Morgan fingerprint density at radius 1 is 1.50 bits per heavy atom. The highest BCUT2D eigenvalue weighted by Crippen LogP contribution is 2.02. The third-order valence-corrected chi connectivity index (χ3v) is 2.03. The number of esters is 1. The van der Waals surface area contributed by atoms with E-state index in [2.05, 4.69) is 20.5 Å². The number of carbonyl (C=O) groups is 2. The van der Waals surface area contributed by atoms with Gasteiger partial charge in [0.05, 0.1) is 7.11 Å². The molecule has 1 aromatic heterocycles. The second kappa shape index (κ2) is 8.48. The third-order valence-electron chi connectivity index (χ3n) is 2.03. The summed E-state index contributed by atoms with van der Waals surface area (Å²) >= 11 is 0. The number of rotatable bonds is 6. The smallest absolute Gasteiger partial charge is 0.327 e. The SMILES string of the molecule is CNCCC(=O)Nc1ccn(CC(=O)OC)n1.Cl. The molecule has 0 spiro atoms. The molecule has 1 aromatic rings. The Kier molecular flexibility index (Phi) is 7.73. The van der Waals surface area contributed by atoms with E-state index >= 15 is 0 Å². The maximum absolute atomic E-state index is 11.4. The summed E-state index contributed by atoms with van der Waals surface area (Å²) < 4.78 is 5.90. The Bertz CT molecular complexity index is 394. The van der Waals surface area contributed by atoms with Crippen LogP contribution in [0.1, 0.15) is 6.42 Å². The number of anilines is 1. The van der Waals surface area contributed by atoms with Gasteiger partial charge in [-0.1, -0.05) is 0 Å². The van der Waals surface area contributed by atoms with Gasteiger partial charge in [-0.15, -0.1) is 12.4 Å². The van der Waals surface area contributed by atoms with Crippen molar-refractivity contribution in [1.29, 1.82) is 0 Å². The number of nitrogens with zero attached hydrogens (tertiary/aromatic N) is 2. The number of nitrogens with one attached hydrogen (secondary N) is 2. The van der Waals surface area contributed by atoms with Crippen molar-refractivity contribution in [3.05, 3.63) is 12.3 Å². The summed E-state index contributed by atoms with van der Waals surface area (Å²) in [7, 11) is 3.09. The van der Waals surface area contributed by atoms with Crippen LogP contribution in [0.2, 0.25) is 0 Å². The molecule has 1 heterocycles. The first-order valence-electron chi connectivity index (χ1n) is 5.20. The highest BCUT2D eigenvalue weighted by Gasteiger charge is 2.06. The minimum atomic E-state index is -0.388. The van der Waals surface area contributed by atoms with Gasteiger partial charge in [0.1, 0.15) is 6.54 Å². The van der Waals surface area contributed by atoms with Crippen LogP contribution in [0.15, 0.2) is 12.3 Å². The fraction of sp³-hybridized carbons (Fsp3) is 0.500. The van der Waals surface area contributed by atoms with Crippen LogP contribution in [-0.2, 0) is 20.9 Å². The first-order valence-corrected chi connectivity index (χ1v) is 5.20. The molecule has 102 valence electrons. The molecule has 0 aliphatic rings. The molecule has 0 aliphatic carbocycles. The van der Waals surface area contributed by atoms with Gasteiger partial charge < -0.3 is 15.4 Å². The van der Waals surface area contributed by atoms with E-state index in [-0.39, 0.29) is 30.8 Å². The van der Waals surface area contributed by atoms with Crippen LogP contribution in [-0.4, -0.2) is 42.4 Å². The predicted octanol–water partition coefficient (Wildman–Crippen LogP) is 0.0259. The van der Waals surface area contributed by atoms with Crippen molar-refractivity contribution in [2.75, 3.05) is 26.0 Å². The lowest BCUT2D eigenvalue weighted by molar-refractivity contribution is -0.141. The second-order valence-corrected chi connectivity index (χ2v) is 3.38. The molecule has 8 heteroatoms. The summed E-state index contributed by atoms with van der Waals surface area (Å²) in [6, 6.07) is 1.63. The van der Waals surface area contributed by atoms with Gasteiger partial charge in [-0.25, -0.2) is 0 Å². The van der Waals surface area contributed by atoms with Crippen LogP contribution < -0.4 is 10.6 Å². The van der Waals surface area contributed by atoms with E-state index < -0.39 is 0 Å². The number of aromatic nitrogens is 2. The first kappa shape index (κ1) is 16.4. The maximum atomic E-state index is 11.4. The molecule has 0 bridgehead atoms. The average Bonchev–Trinajstić information content (AvgIpc) is 2.73. The van der Waals surface area contributed by atoms with Gasteiger partial charge in [-0.2, -0.15) is 5.10 Å². The Morgan fingerprint density at radius 2 is 2.22 bits per heavy atom. The Labute approximate surface area is 111 Å². The molecule has 0 aromatic carbocycles. The monoisotopic (exact) mass is 276 g/mol. The molecule has 18 heavy (non-hydrogen) atoms. The summed E-state index contributed by atoms with van der Waals surface area (Å²) in [4.78, 5) is 22.3. The normalized spacial score (nSPS) is 9.44. The lowest BCUT2D eigenvalue weighted by atomic mass is 10.4. The highest BCUT2D eigenvalue weighted by atomic mass is 35.5. The minimum absolute atomic E-state index is 0. The number of carbonyl (C=O) groups excluding carboxylic acids is 2. The number of hydrogen-bond donors (Lipinski definition) is 2. The van der Waals surface area contributed by atoms with Crippen molar-refractivity contribution in [2.24, 2.45) is 0 Å². The molecule has 1 rings (SSSR count). The molecule has 0 fully saturated rings. The lowest BCUT2D eigenvalue weighted by Crippen LogP contribution is -2.19. The van der Waals surface area contributed by atoms with Crippen molar-refractivity contribution in [3.63, 3.8) is 0 Å². The molecule has 0 unspecified atom stereocenters. The quantitative estimate of drug-likeness (QED) is 0.716. The van der Waals surface area contributed by atoms with E-state index in [1.807, 2.05) is 0 Å². The van der Waals surface area contributed by atoms with Crippen LogP contribution in [0, 0.1) is 0 Å². The van der Waals surface area contributed by atoms with Crippen LogP contribution >= 0.6 is 12.4 Å². The molecule has 0 radical (unpaired) electrons. The zero-order chi connectivity index (χ0) is 12.7. The molecular formula is C10H17ClN4O3. The standard InChI is InChI=1S/C10H16N4O3.ClH/c1-11-5-3-9(15)12-8-4-6-14(13-8)7-10(16)17-2;/h4,6,11H,3,5,7H2,1-2H3,(H,12,13,15);1H. The van der Waals surface area contributed by atoms with Crippen molar-refractivity contribution >= 4 is 30.1 Å². The average molecular weight is 277 g/mol. The molecule has 0 saturated carbocycles. The molecule has 0 saturated heterocycles.